The van der Waals surface area contributed by atoms with Crippen molar-refractivity contribution in [3.8, 4) is 17.4 Å². The quantitative estimate of drug-likeness (QED) is 0.342. The molecule has 1 N–H and O–H groups in total. The Labute approximate surface area is 246 Å². The Morgan fingerprint density at radius 1 is 1.10 bits per heavy atom. The Morgan fingerprint density at radius 3 is 2.67 bits per heavy atom. The zero-order valence-corrected chi connectivity index (χ0v) is 24.2. The summed E-state index contributed by atoms with van der Waals surface area (Å²) in [6.07, 6.45) is 5.50. The second-order valence-corrected chi connectivity index (χ2v) is 12.2. The molecule has 7 rings (SSSR count). The van der Waals surface area contributed by atoms with Crippen molar-refractivity contribution >= 4 is 39.2 Å². The molecule has 3 fully saturated rings. The fourth-order valence-corrected chi connectivity index (χ4v) is 7.47. The summed E-state index contributed by atoms with van der Waals surface area (Å²) >= 11 is 6.42. The van der Waals surface area contributed by atoms with Gasteiger partial charge in [-0.15, -0.1) is 0 Å². The molecule has 0 aliphatic carbocycles. The van der Waals surface area contributed by atoms with Crippen LogP contribution in [0.15, 0.2) is 29.1 Å². The smallest absolute Gasteiger partial charge is 0.320 e. The summed E-state index contributed by atoms with van der Waals surface area (Å²) in [5.74, 6) is -0.247. The molecule has 4 aromatic rings. The fraction of sp³-hybridized carbons (Fsp3) is 0.500. The van der Waals surface area contributed by atoms with Crippen molar-refractivity contribution in [3.63, 3.8) is 0 Å². The molecular formula is C30H33ClF2N6O3. The van der Waals surface area contributed by atoms with E-state index >= 15 is 0 Å². The maximum Gasteiger partial charge on any atom is 0.320 e. The van der Waals surface area contributed by atoms with Crippen LogP contribution in [0, 0.1) is 5.82 Å². The number of fused-ring (bicyclic) bond motifs is 3. The first-order chi connectivity index (χ1) is 20.3. The number of anilines is 1. The van der Waals surface area contributed by atoms with Gasteiger partial charge in [0.05, 0.1) is 16.2 Å². The third kappa shape index (κ3) is 4.40. The molecule has 2 atom stereocenters. The van der Waals surface area contributed by atoms with Gasteiger partial charge in [-0.25, -0.2) is 13.5 Å². The summed E-state index contributed by atoms with van der Waals surface area (Å²) in [7, 11) is 1.68. The van der Waals surface area contributed by atoms with Crippen molar-refractivity contribution in [2.75, 3.05) is 37.7 Å². The van der Waals surface area contributed by atoms with Crippen LogP contribution in [0.3, 0.4) is 0 Å². The van der Waals surface area contributed by atoms with Crippen molar-refractivity contribution in [3.05, 3.63) is 45.5 Å². The first kappa shape index (κ1) is 27.4. The minimum atomic E-state index is -0.881. The van der Waals surface area contributed by atoms with E-state index in [0.717, 1.165) is 58.2 Å². The van der Waals surface area contributed by atoms with Gasteiger partial charge in [-0.05, 0) is 49.7 Å². The topological polar surface area (TPSA) is 88.7 Å². The number of phenols is 1. The normalized spacial score (nSPS) is 23.1. The molecule has 5 heterocycles. The number of halogens is 3. The number of hydrogen-bond donors (Lipinski definition) is 1. The van der Waals surface area contributed by atoms with E-state index in [1.165, 1.54) is 28.9 Å². The highest BCUT2D eigenvalue weighted by Crippen LogP contribution is 2.41. The van der Waals surface area contributed by atoms with Gasteiger partial charge in [-0.3, -0.25) is 14.4 Å². The summed E-state index contributed by atoms with van der Waals surface area (Å²) in [5.41, 5.74) is -0.227. The summed E-state index contributed by atoms with van der Waals surface area (Å²) in [4.78, 5) is 28.0. The van der Waals surface area contributed by atoms with E-state index in [0.29, 0.717) is 40.6 Å². The summed E-state index contributed by atoms with van der Waals surface area (Å²) in [6.45, 7) is 2.99. The molecule has 3 aliphatic rings. The molecule has 0 bridgehead atoms. The standard InChI is InChI=1S/C30H33ClF2N6O3/c1-36-26-24(28(41)39(36)22-14-20(40)13-18-7-8-21(33)25(31)23(18)22)27(37-10-4-2-3-5-11-37)35-29(34-26)42-17-30-9-6-12-38(30)16-19(32)15-30/h7-8,13-14,19,40H,2-6,9-12,15-17H2,1H3/t19-,30+/m1/s1. The maximum absolute atomic E-state index is 14.6. The molecule has 2 aromatic carbocycles. The van der Waals surface area contributed by atoms with Crippen LogP contribution in [0.5, 0.6) is 11.8 Å². The predicted molar refractivity (Wildman–Crippen MR) is 157 cm³/mol. The lowest BCUT2D eigenvalue weighted by Gasteiger charge is -2.31. The Balaban J connectivity index is 1.40. The highest BCUT2D eigenvalue weighted by Gasteiger charge is 2.49. The molecule has 222 valence electrons. The molecule has 9 nitrogen and oxygen atoms in total. The Kier molecular flexibility index (Phi) is 6.77. The molecule has 0 spiro atoms. The van der Waals surface area contributed by atoms with Crippen LogP contribution in [0.1, 0.15) is 44.9 Å². The van der Waals surface area contributed by atoms with Gasteiger partial charge in [0, 0.05) is 44.6 Å². The first-order valence-corrected chi connectivity index (χ1v) is 15.0. The van der Waals surface area contributed by atoms with Crippen LogP contribution >= 0.6 is 11.6 Å². The molecule has 0 unspecified atom stereocenters. The van der Waals surface area contributed by atoms with Gasteiger partial charge in [-0.1, -0.05) is 30.5 Å². The predicted octanol–water partition coefficient (Wildman–Crippen LogP) is 5.11. The van der Waals surface area contributed by atoms with Crippen LogP contribution in [0.4, 0.5) is 14.6 Å². The number of hydrogen-bond acceptors (Lipinski definition) is 7. The lowest BCUT2D eigenvalue weighted by atomic mass is 9.95. The van der Waals surface area contributed by atoms with Crippen LogP contribution in [0.2, 0.25) is 5.02 Å². The number of benzene rings is 2. The molecule has 0 saturated carbocycles. The third-order valence-corrected chi connectivity index (χ3v) is 9.57. The molecule has 0 radical (unpaired) electrons. The monoisotopic (exact) mass is 598 g/mol. The van der Waals surface area contributed by atoms with Crippen LogP contribution in [-0.2, 0) is 7.05 Å². The van der Waals surface area contributed by atoms with Crippen molar-refractivity contribution < 1.29 is 18.6 Å². The Morgan fingerprint density at radius 2 is 1.88 bits per heavy atom. The average Bonchev–Trinajstić information content (AvgIpc) is 3.45. The van der Waals surface area contributed by atoms with Gasteiger partial charge in [-0.2, -0.15) is 9.97 Å². The van der Waals surface area contributed by atoms with E-state index in [1.54, 1.807) is 11.7 Å². The number of aromatic hydroxyl groups is 1. The van der Waals surface area contributed by atoms with E-state index in [2.05, 4.69) is 9.80 Å². The number of nitrogens with zero attached hydrogens (tertiary/aromatic N) is 6. The number of aryl methyl sites for hydroxylation is 1. The van der Waals surface area contributed by atoms with E-state index in [4.69, 9.17) is 26.3 Å². The molecular weight excluding hydrogens is 566 g/mol. The minimum Gasteiger partial charge on any atom is -0.508 e. The number of aromatic nitrogens is 4. The number of alkyl halides is 1. The van der Waals surface area contributed by atoms with Gasteiger partial charge in [0.2, 0.25) is 0 Å². The second-order valence-electron chi connectivity index (χ2n) is 11.9. The average molecular weight is 599 g/mol. The molecule has 42 heavy (non-hydrogen) atoms. The van der Waals surface area contributed by atoms with Gasteiger partial charge >= 0.3 is 6.01 Å². The molecule has 3 saturated heterocycles. The lowest BCUT2D eigenvalue weighted by Crippen LogP contribution is -2.43. The van der Waals surface area contributed by atoms with Gasteiger partial charge in [0.25, 0.3) is 5.56 Å². The molecule has 0 amide bonds. The largest absolute Gasteiger partial charge is 0.508 e. The summed E-state index contributed by atoms with van der Waals surface area (Å²) < 4.78 is 38.2. The number of ether oxygens (including phenoxy) is 1. The third-order valence-electron chi connectivity index (χ3n) is 9.20. The lowest BCUT2D eigenvalue weighted by molar-refractivity contribution is 0.107. The Bertz CT molecular complexity index is 1750. The maximum atomic E-state index is 14.6. The first-order valence-electron chi connectivity index (χ1n) is 14.6. The number of phenolic OH excluding ortho intramolecular Hbond substituents is 1. The van der Waals surface area contributed by atoms with Crippen molar-refractivity contribution in [2.24, 2.45) is 7.05 Å². The zero-order valence-electron chi connectivity index (χ0n) is 23.5. The SMILES string of the molecule is Cn1c2nc(OC[C@@]34CCCN3C[C@H](F)C4)nc(N3CCCCCC3)c2c(=O)n1-c1cc(O)cc2ccc(F)c(Cl)c12. The van der Waals surface area contributed by atoms with E-state index < -0.39 is 17.5 Å². The molecule has 2 aromatic heterocycles. The van der Waals surface area contributed by atoms with Gasteiger partial charge in [0.15, 0.2) is 11.5 Å². The summed E-state index contributed by atoms with van der Waals surface area (Å²) in [5, 5.41) is 11.5. The highest BCUT2D eigenvalue weighted by atomic mass is 35.5. The van der Waals surface area contributed by atoms with Crippen LogP contribution in [0.25, 0.3) is 27.5 Å². The van der Waals surface area contributed by atoms with Crippen LogP contribution < -0.4 is 15.2 Å². The van der Waals surface area contributed by atoms with Crippen molar-refractivity contribution in [1.82, 2.24) is 24.2 Å². The van der Waals surface area contributed by atoms with E-state index in [1.807, 2.05) is 0 Å². The van der Waals surface area contributed by atoms with Gasteiger partial charge < -0.3 is 14.7 Å². The highest BCUT2D eigenvalue weighted by molar-refractivity contribution is 6.36. The molecule has 3 aliphatic heterocycles. The second kappa shape index (κ2) is 10.4. The van der Waals surface area contributed by atoms with Crippen LogP contribution in [-0.4, -0.2) is 73.8 Å². The zero-order chi connectivity index (χ0) is 29.2. The minimum absolute atomic E-state index is 0.0942. The molecule has 12 heteroatoms. The van der Waals surface area contributed by atoms with E-state index in [-0.39, 0.29) is 34.6 Å². The summed E-state index contributed by atoms with van der Waals surface area (Å²) in [6, 6.07) is 5.74. The Hall–Kier alpha value is -3.44. The van der Waals surface area contributed by atoms with Crippen molar-refractivity contribution in [1.29, 1.82) is 0 Å². The fourth-order valence-electron chi connectivity index (χ4n) is 7.20. The number of rotatable bonds is 5. The van der Waals surface area contributed by atoms with E-state index in [9.17, 15) is 18.7 Å². The van der Waals surface area contributed by atoms with Crippen molar-refractivity contribution in [2.45, 2.75) is 56.7 Å². The van der Waals surface area contributed by atoms with Gasteiger partial charge in [0.1, 0.15) is 29.7 Å².